The van der Waals surface area contributed by atoms with Crippen molar-refractivity contribution in [1.82, 2.24) is 14.4 Å². The first kappa shape index (κ1) is 31.6. The Morgan fingerprint density at radius 2 is 1.72 bits per heavy atom. The van der Waals surface area contributed by atoms with Gasteiger partial charge < -0.3 is 28.9 Å². The van der Waals surface area contributed by atoms with E-state index in [1.54, 1.807) is 49.3 Å². The monoisotopic (exact) mass is 625 g/mol. The van der Waals surface area contributed by atoms with Crippen LogP contribution in [0.1, 0.15) is 73.4 Å². The quantitative estimate of drug-likeness (QED) is 0.192. The van der Waals surface area contributed by atoms with Crippen LogP contribution in [0.3, 0.4) is 0 Å². The molecule has 1 saturated heterocycles. The Balaban J connectivity index is 1.55. The van der Waals surface area contributed by atoms with Crippen LogP contribution in [0.2, 0.25) is 0 Å². The van der Waals surface area contributed by atoms with Gasteiger partial charge in [-0.15, -0.1) is 0 Å². The van der Waals surface area contributed by atoms with E-state index in [2.05, 4.69) is 4.57 Å². The van der Waals surface area contributed by atoms with E-state index in [0.29, 0.717) is 30.3 Å². The van der Waals surface area contributed by atoms with Gasteiger partial charge in [0.05, 0.1) is 37.1 Å². The number of Topliss-reactive ketones (excluding diaryl/α,β-unsaturated/α-hetero) is 1. The van der Waals surface area contributed by atoms with Crippen LogP contribution in [-0.2, 0) is 20.9 Å². The Bertz CT molecular complexity index is 1750. The van der Waals surface area contributed by atoms with Crippen LogP contribution in [0.4, 0.5) is 0 Å². The molecule has 3 heterocycles. The van der Waals surface area contributed by atoms with E-state index in [-0.39, 0.29) is 41.6 Å². The van der Waals surface area contributed by atoms with Crippen molar-refractivity contribution >= 4 is 34.6 Å². The van der Waals surface area contributed by atoms with Crippen molar-refractivity contribution in [3.63, 3.8) is 0 Å². The third kappa shape index (κ3) is 5.96. The summed E-state index contributed by atoms with van der Waals surface area (Å²) in [5.74, 6) is -0.715. The van der Waals surface area contributed by atoms with Gasteiger partial charge in [0, 0.05) is 55.4 Å². The predicted octanol–water partition coefficient (Wildman–Crippen LogP) is 6.11. The van der Waals surface area contributed by atoms with Crippen LogP contribution >= 0.6 is 0 Å². The number of fused-ring (bicyclic) bond motifs is 5. The molecule has 1 saturated carbocycles. The maximum atomic E-state index is 14.6. The highest BCUT2D eigenvalue weighted by Gasteiger charge is 2.35. The number of carboxylic acids is 1. The summed E-state index contributed by atoms with van der Waals surface area (Å²) in [6.07, 6.45) is 8.80. The summed E-state index contributed by atoms with van der Waals surface area (Å²) in [7, 11) is 5.22. The topological polar surface area (TPSA) is 101 Å². The molecule has 0 spiro atoms. The Kier molecular flexibility index (Phi) is 8.79. The molecule has 2 fully saturated rings. The Morgan fingerprint density at radius 3 is 2.37 bits per heavy atom. The molecule has 9 nitrogen and oxygen atoms in total. The number of nitrogens with zero attached hydrogens (tertiary/aromatic N) is 3. The average Bonchev–Trinajstić information content (AvgIpc) is 3.25. The smallest absolute Gasteiger partial charge is 0.335 e. The number of amides is 1. The molecule has 1 N–H and O–H groups in total. The number of methoxy groups -OCH3 is 1. The highest BCUT2D eigenvalue weighted by molar-refractivity contribution is 6.26. The number of morpholine rings is 1. The first-order valence-electron chi connectivity index (χ1n) is 16.2. The Hall–Kier alpha value is -4.37. The van der Waals surface area contributed by atoms with Crippen molar-refractivity contribution in [3.05, 3.63) is 70.4 Å². The Labute approximate surface area is 270 Å². The highest BCUT2D eigenvalue weighted by atomic mass is 16.5. The number of aromatic nitrogens is 1. The van der Waals surface area contributed by atoms with Gasteiger partial charge >= 0.3 is 5.97 Å². The number of carboxylic acid groups (broad SMARTS) is 1. The lowest BCUT2D eigenvalue weighted by molar-refractivity contribution is -0.140. The van der Waals surface area contributed by atoms with Crippen molar-refractivity contribution in [2.45, 2.75) is 70.6 Å². The number of allylic oxidation sites excluding steroid dienone is 1. The summed E-state index contributed by atoms with van der Waals surface area (Å²) >= 11 is 0. The fourth-order valence-electron chi connectivity index (χ4n) is 7.47. The van der Waals surface area contributed by atoms with E-state index in [9.17, 15) is 19.5 Å². The molecular formula is C37H43N3O6. The van der Waals surface area contributed by atoms with Gasteiger partial charge in [0.1, 0.15) is 11.3 Å². The number of benzene rings is 2. The van der Waals surface area contributed by atoms with Gasteiger partial charge in [-0.1, -0.05) is 25.3 Å². The van der Waals surface area contributed by atoms with Gasteiger partial charge in [0.15, 0.2) is 5.78 Å². The zero-order chi connectivity index (χ0) is 32.7. The Morgan fingerprint density at radius 1 is 1.00 bits per heavy atom. The van der Waals surface area contributed by atoms with Gasteiger partial charge in [-0.25, -0.2) is 4.79 Å². The summed E-state index contributed by atoms with van der Waals surface area (Å²) in [6, 6.07) is 11.2. The summed E-state index contributed by atoms with van der Waals surface area (Å²) in [5.41, 5.74) is 5.48. The maximum absolute atomic E-state index is 14.6. The van der Waals surface area contributed by atoms with Crippen molar-refractivity contribution in [2.75, 3.05) is 34.3 Å². The molecule has 0 radical (unpaired) electrons. The number of rotatable bonds is 7. The summed E-state index contributed by atoms with van der Waals surface area (Å²) < 4.78 is 13.6. The number of hydrogen-bond donors (Lipinski definition) is 1. The first-order chi connectivity index (χ1) is 22.0. The van der Waals surface area contributed by atoms with Crippen molar-refractivity contribution in [2.24, 2.45) is 0 Å². The summed E-state index contributed by atoms with van der Waals surface area (Å²) in [4.78, 5) is 44.3. The van der Waals surface area contributed by atoms with Gasteiger partial charge in [0.2, 0.25) is 0 Å². The highest BCUT2D eigenvalue weighted by Crippen LogP contribution is 2.47. The van der Waals surface area contributed by atoms with Crippen LogP contribution in [0, 0.1) is 0 Å². The van der Waals surface area contributed by atoms with Crippen LogP contribution < -0.4 is 4.74 Å². The molecule has 3 aromatic rings. The predicted molar refractivity (Wildman–Crippen MR) is 178 cm³/mol. The van der Waals surface area contributed by atoms with E-state index in [1.165, 1.54) is 12.0 Å². The van der Waals surface area contributed by atoms with Crippen LogP contribution in [-0.4, -0.2) is 83.6 Å². The molecule has 1 aromatic heterocycles. The molecule has 242 valence electrons. The maximum Gasteiger partial charge on any atom is 0.335 e. The van der Waals surface area contributed by atoms with Crippen LogP contribution in [0.15, 0.2) is 53.7 Å². The molecule has 1 aliphatic carbocycles. The average molecular weight is 626 g/mol. The second-order valence-electron chi connectivity index (χ2n) is 13.1. The lowest BCUT2D eigenvalue weighted by Crippen LogP contribution is -2.49. The number of carbonyl (C=O) groups excluding carboxylic acids is 2. The minimum atomic E-state index is -1.00. The minimum Gasteiger partial charge on any atom is -0.497 e. The molecule has 6 rings (SSSR count). The third-order valence-electron chi connectivity index (χ3n) is 9.40. The molecule has 0 bridgehead atoms. The van der Waals surface area contributed by atoms with Crippen molar-refractivity contribution in [1.29, 1.82) is 0 Å². The summed E-state index contributed by atoms with van der Waals surface area (Å²) in [5, 5.41) is 11.0. The molecule has 0 unspecified atom stereocenters. The number of ketones is 1. The van der Waals surface area contributed by atoms with Crippen molar-refractivity contribution < 1.29 is 29.0 Å². The molecule has 9 heteroatoms. The van der Waals surface area contributed by atoms with Crippen LogP contribution in [0.25, 0.3) is 28.2 Å². The van der Waals surface area contributed by atoms with Crippen LogP contribution in [0.5, 0.6) is 5.75 Å². The fraction of sp³-hybridized carbons (Fsp3) is 0.432. The lowest BCUT2D eigenvalue weighted by Gasteiger charge is -2.35. The summed E-state index contributed by atoms with van der Waals surface area (Å²) in [6.45, 7) is 4.84. The third-order valence-corrected chi connectivity index (χ3v) is 9.40. The number of hydrogen-bond acceptors (Lipinski definition) is 6. The molecule has 2 atom stereocenters. The number of carbonyl (C=O) groups is 3. The van der Waals surface area contributed by atoms with E-state index >= 15 is 0 Å². The zero-order valence-corrected chi connectivity index (χ0v) is 27.3. The van der Waals surface area contributed by atoms with E-state index in [0.717, 1.165) is 53.4 Å². The van der Waals surface area contributed by atoms with E-state index in [1.807, 2.05) is 44.2 Å². The minimum absolute atomic E-state index is 0.0839. The van der Waals surface area contributed by atoms with Gasteiger partial charge in [-0.3, -0.25) is 9.59 Å². The van der Waals surface area contributed by atoms with Gasteiger partial charge in [0.25, 0.3) is 5.91 Å². The first-order valence-corrected chi connectivity index (χ1v) is 16.2. The molecule has 2 aliphatic heterocycles. The molecular weight excluding hydrogens is 582 g/mol. The van der Waals surface area contributed by atoms with Crippen molar-refractivity contribution in [3.8, 4) is 17.0 Å². The standard InChI is InChI=1S/C37H43N3O6/c1-22-18-39(19-23(2)46-22)36(42)31(21-38(3)4)35(41)27-15-26-16-28(45-5)12-14-29(26)34-33(24-9-7-6-8-10-24)30-13-11-25(37(43)44)17-32(30)40(34)20-27/h11-17,21-24H,6-10,18-20H2,1-5H3,(H,43,44)/t22-,23+. The normalized spacial score (nSPS) is 20.4. The van der Waals surface area contributed by atoms with Gasteiger partial charge in [-0.05, 0) is 80.1 Å². The lowest BCUT2D eigenvalue weighted by atomic mass is 9.81. The molecule has 46 heavy (non-hydrogen) atoms. The second-order valence-corrected chi connectivity index (χ2v) is 13.1. The molecule has 3 aliphatic rings. The number of aromatic carboxylic acids is 1. The van der Waals surface area contributed by atoms with E-state index < -0.39 is 5.97 Å². The SMILES string of the molecule is COc1ccc2c(c1)C=C(C(=O)C(=CN(C)C)C(=O)N1C[C@@H](C)O[C@@H](C)C1)Cn1c-2c(C2CCCCC2)c2ccc(C(=O)O)cc21. The second kappa shape index (κ2) is 12.8. The number of ether oxygens (including phenoxy) is 2. The zero-order valence-electron chi connectivity index (χ0n) is 27.3. The largest absolute Gasteiger partial charge is 0.497 e. The molecule has 1 amide bonds. The molecule has 2 aromatic carbocycles. The van der Waals surface area contributed by atoms with Gasteiger partial charge in [-0.2, -0.15) is 0 Å². The van der Waals surface area contributed by atoms with E-state index in [4.69, 9.17) is 9.47 Å². The fourth-order valence-corrected chi connectivity index (χ4v) is 7.47.